The molecule has 2 heterocycles. The van der Waals surface area contributed by atoms with Gasteiger partial charge in [0.05, 0.1) is 35.6 Å². The molecule has 0 bridgehead atoms. The zero-order valence-electron chi connectivity index (χ0n) is 15.5. The molecule has 148 valence electrons. The third-order valence-corrected chi connectivity index (χ3v) is 5.10. The van der Waals surface area contributed by atoms with Crippen molar-refractivity contribution in [2.75, 3.05) is 11.5 Å². The minimum Gasteiger partial charge on any atom is -0.492 e. The van der Waals surface area contributed by atoms with E-state index in [1.807, 2.05) is 13.0 Å². The quantitative estimate of drug-likeness (QED) is 0.764. The second-order valence-corrected chi connectivity index (χ2v) is 7.47. The number of nitrogens with zero attached hydrogens (tertiary/aromatic N) is 2. The van der Waals surface area contributed by atoms with Crippen LogP contribution in [-0.4, -0.2) is 34.4 Å². The number of hydrogen-bond donors (Lipinski definition) is 1. The molecule has 8 heteroatoms. The number of hydrogen-bond acceptors (Lipinski definition) is 3. The number of amides is 1. The SMILES string of the molecule is CC1CC(OCC(C)(F)F)=CC(F)=C1[C@H]1CC(=O)N1c1ccc2[nH]cnc2c1. The predicted octanol–water partition coefficient (Wildman–Crippen LogP) is 4.49. The summed E-state index contributed by atoms with van der Waals surface area (Å²) in [6.45, 7) is 1.78. The molecule has 28 heavy (non-hydrogen) atoms. The summed E-state index contributed by atoms with van der Waals surface area (Å²) < 4.78 is 45.9. The number of halogens is 3. The van der Waals surface area contributed by atoms with E-state index in [9.17, 15) is 18.0 Å². The minimum atomic E-state index is -2.98. The van der Waals surface area contributed by atoms with E-state index in [1.165, 1.54) is 6.08 Å². The average molecular weight is 391 g/mol. The summed E-state index contributed by atoms with van der Waals surface area (Å²) in [5, 5.41) is 0. The Morgan fingerprint density at radius 3 is 2.82 bits per heavy atom. The number of carbonyl (C=O) groups excluding carboxylic acids is 1. The van der Waals surface area contributed by atoms with Gasteiger partial charge in [0, 0.05) is 25.1 Å². The van der Waals surface area contributed by atoms with Crippen molar-refractivity contribution < 1.29 is 22.7 Å². The van der Waals surface area contributed by atoms with Gasteiger partial charge < -0.3 is 14.6 Å². The number of anilines is 1. The molecule has 0 spiro atoms. The Bertz CT molecular complexity index is 990. The number of fused-ring (bicyclic) bond motifs is 1. The zero-order valence-corrected chi connectivity index (χ0v) is 15.5. The highest BCUT2D eigenvalue weighted by atomic mass is 19.3. The van der Waals surface area contributed by atoms with Crippen LogP contribution in [0.1, 0.15) is 26.7 Å². The molecule has 4 rings (SSSR count). The van der Waals surface area contributed by atoms with Crippen molar-refractivity contribution in [1.82, 2.24) is 9.97 Å². The molecular formula is C20H20F3N3O2. The van der Waals surface area contributed by atoms with Crippen LogP contribution in [0.3, 0.4) is 0 Å². The number of β-lactam (4-membered cyclic amide) rings is 1. The van der Waals surface area contributed by atoms with Gasteiger partial charge in [-0.15, -0.1) is 0 Å². The minimum absolute atomic E-state index is 0.0935. The van der Waals surface area contributed by atoms with Crippen LogP contribution in [0.15, 0.2) is 47.8 Å². The number of benzene rings is 1. The number of ether oxygens (including phenoxy) is 1. The van der Waals surface area contributed by atoms with Crippen molar-refractivity contribution in [2.45, 2.75) is 38.7 Å². The topological polar surface area (TPSA) is 58.2 Å². The van der Waals surface area contributed by atoms with Gasteiger partial charge in [-0.25, -0.2) is 18.2 Å². The van der Waals surface area contributed by atoms with Gasteiger partial charge in [0.2, 0.25) is 5.91 Å². The maximum absolute atomic E-state index is 14.8. The van der Waals surface area contributed by atoms with Crippen LogP contribution in [0.5, 0.6) is 0 Å². The Kier molecular flexibility index (Phi) is 4.44. The summed E-state index contributed by atoms with van der Waals surface area (Å²) in [6, 6.07) is 5.01. The summed E-state index contributed by atoms with van der Waals surface area (Å²) >= 11 is 0. The van der Waals surface area contributed by atoms with E-state index in [4.69, 9.17) is 4.74 Å². The van der Waals surface area contributed by atoms with Gasteiger partial charge in [-0.3, -0.25) is 4.79 Å². The van der Waals surface area contributed by atoms with Crippen LogP contribution in [-0.2, 0) is 9.53 Å². The Balaban J connectivity index is 1.60. The lowest BCUT2D eigenvalue weighted by Gasteiger charge is -2.44. The van der Waals surface area contributed by atoms with Crippen molar-refractivity contribution in [1.29, 1.82) is 0 Å². The van der Waals surface area contributed by atoms with Crippen LogP contribution in [0.4, 0.5) is 18.9 Å². The molecule has 1 aliphatic heterocycles. The molecule has 1 fully saturated rings. The molecule has 1 aliphatic carbocycles. The highest BCUT2D eigenvalue weighted by molar-refractivity contribution is 6.03. The van der Waals surface area contributed by atoms with Crippen molar-refractivity contribution in [3.63, 3.8) is 0 Å². The summed E-state index contributed by atoms with van der Waals surface area (Å²) in [4.78, 5) is 21.0. The van der Waals surface area contributed by atoms with Crippen LogP contribution < -0.4 is 4.90 Å². The lowest BCUT2D eigenvalue weighted by atomic mass is 9.80. The highest BCUT2D eigenvalue weighted by Crippen LogP contribution is 2.41. The summed E-state index contributed by atoms with van der Waals surface area (Å²) in [5.41, 5.74) is 2.72. The van der Waals surface area contributed by atoms with Crippen LogP contribution >= 0.6 is 0 Å². The molecule has 0 saturated carbocycles. The van der Waals surface area contributed by atoms with Crippen molar-refractivity contribution in [3.05, 3.63) is 47.8 Å². The first-order valence-corrected chi connectivity index (χ1v) is 9.09. The second kappa shape index (κ2) is 6.68. The van der Waals surface area contributed by atoms with Gasteiger partial charge in [-0.2, -0.15) is 0 Å². The number of allylic oxidation sites excluding steroid dienone is 3. The van der Waals surface area contributed by atoms with Crippen molar-refractivity contribution in [3.8, 4) is 0 Å². The fourth-order valence-corrected chi connectivity index (χ4v) is 3.80. The third kappa shape index (κ3) is 3.39. The number of aromatic nitrogens is 2. The number of carbonyl (C=O) groups is 1. The van der Waals surface area contributed by atoms with Gasteiger partial charge in [0.15, 0.2) is 6.61 Å². The first-order chi connectivity index (χ1) is 13.2. The third-order valence-electron chi connectivity index (χ3n) is 5.10. The molecule has 5 nitrogen and oxygen atoms in total. The largest absolute Gasteiger partial charge is 0.492 e. The number of rotatable bonds is 5. The molecule has 1 aromatic heterocycles. The van der Waals surface area contributed by atoms with Crippen molar-refractivity contribution >= 4 is 22.6 Å². The molecule has 1 amide bonds. The van der Waals surface area contributed by atoms with E-state index >= 15 is 0 Å². The Morgan fingerprint density at radius 2 is 2.14 bits per heavy atom. The second-order valence-electron chi connectivity index (χ2n) is 7.47. The molecule has 1 saturated heterocycles. The normalized spacial score (nSPS) is 23.1. The molecule has 1 unspecified atom stereocenters. The van der Waals surface area contributed by atoms with Crippen LogP contribution in [0.25, 0.3) is 11.0 Å². The smallest absolute Gasteiger partial charge is 0.278 e. The Morgan fingerprint density at radius 1 is 1.36 bits per heavy atom. The monoisotopic (exact) mass is 391 g/mol. The number of nitrogens with one attached hydrogen (secondary N) is 1. The standard InChI is InChI=1S/C20H20F3N3O2/c1-11-5-13(28-9-20(2,22)23)7-14(21)19(11)17-8-18(27)26(17)12-3-4-15-16(6-12)25-10-24-15/h3-4,6-7,10-11,17H,5,8-9H2,1-2H3,(H,24,25)/t11?,17-/m1/s1. The molecule has 2 atom stereocenters. The molecule has 2 aromatic rings. The van der Waals surface area contributed by atoms with E-state index in [-0.39, 0.29) is 24.0 Å². The van der Waals surface area contributed by atoms with Crippen molar-refractivity contribution in [2.24, 2.45) is 5.92 Å². The van der Waals surface area contributed by atoms with Gasteiger partial charge in [-0.1, -0.05) is 6.92 Å². The molecule has 0 radical (unpaired) electrons. The lowest BCUT2D eigenvalue weighted by Crippen LogP contribution is -2.55. The molecule has 1 aromatic carbocycles. The first kappa shape index (κ1) is 18.6. The van der Waals surface area contributed by atoms with E-state index in [1.54, 1.807) is 23.4 Å². The lowest BCUT2D eigenvalue weighted by molar-refractivity contribution is -0.123. The highest BCUT2D eigenvalue weighted by Gasteiger charge is 2.43. The maximum Gasteiger partial charge on any atom is 0.278 e. The summed E-state index contributed by atoms with van der Waals surface area (Å²) in [7, 11) is 0. The van der Waals surface area contributed by atoms with Crippen LogP contribution in [0.2, 0.25) is 0 Å². The first-order valence-electron chi connectivity index (χ1n) is 9.09. The van der Waals surface area contributed by atoms with Gasteiger partial charge in [-0.05, 0) is 29.7 Å². The van der Waals surface area contributed by atoms with E-state index in [2.05, 4.69) is 9.97 Å². The fourth-order valence-electron chi connectivity index (χ4n) is 3.80. The Hall–Kier alpha value is -2.77. The summed E-state index contributed by atoms with van der Waals surface area (Å²) in [6.07, 6.45) is 3.26. The average Bonchev–Trinajstić information content (AvgIpc) is 3.05. The number of imidazole rings is 1. The molecule has 2 aliphatic rings. The zero-order chi connectivity index (χ0) is 20.1. The fraction of sp³-hybridized carbons (Fsp3) is 0.400. The van der Waals surface area contributed by atoms with E-state index in [0.717, 1.165) is 18.0 Å². The van der Waals surface area contributed by atoms with E-state index < -0.39 is 24.4 Å². The van der Waals surface area contributed by atoms with E-state index in [0.29, 0.717) is 17.7 Å². The number of aromatic amines is 1. The molecular weight excluding hydrogens is 371 g/mol. The molecule has 1 N–H and O–H groups in total. The van der Waals surface area contributed by atoms with Gasteiger partial charge in [0.25, 0.3) is 5.92 Å². The Labute approximate surface area is 159 Å². The van der Waals surface area contributed by atoms with Gasteiger partial charge >= 0.3 is 0 Å². The number of alkyl halides is 2. The van der Waals surface area contributed by atoms with Crippen LogP contribution in [0, 0.1) is 5.92 Å². The predicted molar refractivity (Wildman–Crippen MR) is 98.6 cm³/mol. The maximum atomic E-state index is 14.8. The van der Waals surface area contributed by atoms with Gasteiger partial charge in [0.1, 0.15) is 5.83 Å². The summed E-state index contributed by atoms with van der Waals surface area (Å²) in [5.74, 6) is -3.65. The number of H-pyrrole nitrogens is 1.